The number of carboxylic acid groups (broad SMARTS) is 1. The van der Waals surface area contributed by atoms with Crippen molar-refractivity contribution in [3.63, 3.8) is 0 Å². The summed E-state index contributed by atoms with van der Waals surface area (Å²) < 4.78 is 3.97. The fourth-order valence-electron chi connectivity index (χ4n) is 3.55. The average molecular weight is 366 g/mol. The minimum Gasteiger partial charge on any atom is -0.478 e. The first-order valence-corrected chi connectivity index (χ1v) is 8.94. The average Bonchev–Trinajstić information content (AvgIpc) is 3.23. The molecular formula is C20H30O6. The number of carboxylic acids is 1. The summed E-state index contributed by atoms with van der Waals surface area (Å²) in [6, 6.07) is 0. The van der Waals surface area contributed by atoms with Gasteiger partial charge in [-0.25, -0.2) is 14.4 Å². The van der Waals surface area contributed by atoms with E-state index in [-0.39, 0.29) is 5.41 Å². The van der Waals surface area contributed by atoms with Crippen molar-refractivity contribution in [1.82, 2.24) is 0 Å². The minimum atomic E-state index is -0.838. The zero-order valence-corrected chi connectivity index (χ0v) is 16.1. The van der Waals surface area contributed by atoms with Gasteiger partial charge in [0.25, 0.3) is 0 Å². The Hall–Kier alpha value is -1.95. The third-order valence-corrected chi connectivity index (χ3v) is 4.77. The number of aliphatic hydroxyl groups is 1. The SMILES string of the molecule is CC(=CC(C)(C)C)C(=O)O.O=C1C=CC(=O)O1.OCC12CCC(CC1)C2. The molecule has 2 aliphatic carbocycles. The predicted molar refractivity (Wildman–Crippen MR) is 97.2 cm³/mol. The highest BCUT2D eigenvalue weighted by molar-refractivity contribution is 6.04. The second-order valence-electron chi connectivity index (χ2n) is 8.38. The molecule has 1 aliphatic heterocycles. The van der Waals surface area contributed by atoms with Gasteiger partial charge in [-0.3, -0.25) is 0 Å². The van der Waals surface area contributed by atoms with Gasteiger partial charge < -0.3 is 14.9 Å². The maximum absolute atomic E-state index is 10.3. The number of esters is 2. The highest BCUT2D eigenvalue weighted by Crippen LogP contribution is 2.53. The molecule has 2 fully saturated rings. The Bertz CT molecular complexity index is 570. The largest absolute Gasteiger partial charge is 0.478 e. The molecule has 0 amide bonds. The van der Waals surface area contributed by atoms with Crippen molar-refractivity contribution in [2.75, 3.05) is 6.61 Å². The van der Waals surface area contributed by atoms with Crippen molar-refractivity contribution in [2.24, 2.45) is 16.7 Å². The van der Waals surface area contributed by atoms with Gasteiger partial charge in [-0.2, -0.15) is 0 Å². The van der Waals surface area contributed by atoms with E-state index in [4.69, 9.17) is 10.2 Å². The van der Waals surface area contributed by atoms with Crippen molar-refractivity contribution in [3.8, 4) is 0 Å². The smallest absolute Gasteiger partial charge is 0.338 e. The Labute approximate surface area is 154 Å². The zero-order valence-electron chi connectivity index (χ0n) is 16.1. The van der Waals surface area contributed by atoms with Gasteiger partial charge in [0.2, 0.25) is 0 Å². The fourth-order valence-corrected chi connectivity index (χ4v) is 3.55. The number of fused-ring (bicyclic) bond motifs is 2. The molecule has 26 heavy (non-hydrogen) atoms. The van der Waals surface area contributed by atoms with E-state index in [9.17, 15) is 14.4 Å². The van der Waals surface area contributed by atoms with E-state index in [0.717, 1.165) is 18.1 Å². The van der Waals surface area contributed by atoms with Crippen molar-refractivity contribution < 1.29 is 29.3 Å². The third-order valence-electron chi connectivity index (χ3n) is 4.77. The van der Waals surface area contributed by atoms with Gasteiger partial charge >= 0.3 is 17.9 Å². The van der Waals surface area contributed by atoms with Crippen molar-refractivity contribution in [3.05, 3.63) is 23.8 Å². The van der Waals surface area contributed by atoms with Crippen LogP contribution in [-0.2, 0) is 19.1 Å². The second kappa shape index (κ2) is 9.12. The van der Waals surface area contributed by atoms with Crippen molar-refractivity contribution in [1.29, 1.82) is 0 Å². The quantitative estimate of drug-likeness (QED) is 0.442. The number of allylic oxidation sites excluding steroid dienone is 1. The first kappa shape index (κ1) is 22.1. The number of carbonyl (C=O) groups is 3. The van der Waals surface area contributed by atoms with Crippen LogP contribution in [0, 0.1) is 16.7 Å². The summed E-state index contributed by atoms with van der Waals surface area (Å²) in [7, 11) is 0. The molecule has 1 heterocycles. The molecule has 6 nitrogen and oxygen atoms in total. The number of hydrogen-bond donors (Lipinski definition) is 2. The highest BCUT2D eigenvalue weighted by Gasteiger charge is 2.43. The van der Waals surface area contributed by atoms with Gasteiger partial charge in [0, 0.05) is 24.3 Å². The summed E-state index contributed by atoms with van der Waals surface area (Å²) in [4.78, 5) is 30.2. The Morgan fingerprint density at radius 1 is 1.23 bits per heavy atom. The number of aliphatic hydroxyl groups excluding tert-OH is 1. The topological polar surface area (TPSA) is 101 Å². The molecule has 0 unspecified atom stereocenters. The maximum atomic E-state index is 10.3. The molecule has 0 aromatic rings. The molecule has 0 radical (unpaired) electrons. The lowest BCUT2D eigenvalue weighted by Crippen LogP contribution is -2.18. The van der Waals surface area contributed by atoms with Crippen LogP contribution < -0.4 is 0 Å². The molecule has 0 spiro atoms. The number of carbonyl (C=O) groups excluding carboxylic acids is 2. The molecule has 3 rings (SSSR count). The molecule has 146 valence electrons. The van der Waals surface area contributed by atoms with E-state index in [1.165, 1.54) is 32.1 Å². The maximum Gasteiger partial charge on any atom is 0.338 e. The molecule has 2 bridgehead atoms. The first-order chi connectivity index (χ1) is 12.0. The van der Waals surface area contributed by atoms with Crippen LogP contribution in [0.4, 0.5) is 0 Å². The van der Waals surface area contributed by atoms with Gasteiger partial charge in [-0.15, -0.1) is 0 Å². The van der Waals surface area contributed by atoms with Crippen LogP contribution in [0.3, 0.4) is 0 Å². The lowest BCUT2D eigenvalue weighted by atomic mass is 9.85. The number of hydrogen-bond acceptors (Lipinski definition) is 5. The van der Waals surface area contributed by atoms with Gasteiger partial charge in [0.15, 0.2) is 0 Å². The van der Waals surface area contributed by atoms with Crippen LogP contribution in [0.5, 0.6) is 0 Å². The summed E-state index contributed by atoms with van der Waals surface area (Å²) in [6.45, 7) is 7.97. The molecule has 2 N–H and O–H groups in total. The molecule has 3 aliphatic rings. The summed E-state index contributed by atoms with van der Waals surface area (Å²) >= 11 is 0. The van der Waals surface area contributed by atoms with E-state index < -0.39 is 17.9 Å². The van der Waals surface area contributed by atoms with E-state index in [1.54, 1.807) is 13.0 Å². The standard InChI is InChI=1S/C8H14O2.C8H14O.C4H2O3/c1-6(7(9)10)5-8(2,3)4;9-6-8-3-1-7(5-8)2-4-8;5-3-1-2-4(6)7-3/h5H,1-4H3,(H,9,10);7,9H,1-6H2;1-2H. The normalized spacial score (nSPS) is 26.7. The number of aliphatic carboxylic acids is 1. The Morgan fingerprint density at radius 3 is 1.88 bits per heavy atom. The molecular weight excluding hydrogens is 336 g/mol. The number of rotatable bonds is 2. The van der Waals surface area contributed by atoms with Gasteiger partial charge in [0.05, 0.1) is 0 Å². The van der Waals surface area contributed by atoms with E-state index in [1.807, 2.05) is 20.8 Å². The molecule has 0 aromatic carbocycles. The molecule has 2 saturated carbocycles. The molecule has 6 heteroatoms. The van der Waals surface area contributed by atoms with Gasteiger partial charge in [0.1, 0.15) is 0 Å². The summed E-state index contributed by atoms with van der Waals surface area (Å²) in [6.07, 6.45) is 10.6. The number of cyclic esters (lactones) is 2. The highest BCUT2D eigenvalue weighted by atomic mass is 16.6. The van der Waals surface area contributed by atoms with Crippen LogP contribution in [-0.4, -0.2) is 34.7 Å². The fraction of sp³-hybridized carbons (Fsp3) is 0.650. The summed E-state index contributed by atoms with van der Waals surface area (Å²) in [5.74, 6) is -1.01. The lowest BCUT2D eigenvalue weighted by Gasteiger charge is -2.22. The van der Waals surface area contributed by atoms with E-state index in [0.29, 0.717) is 17.6 Å². The van der Waals surface area contributed by atoms with Gasteiger partial charge in [-0.1, -0.05) is 26.8 Å². The first-order valence-electron chi connectivity index (χ1n) is 8.94. The van der Waals surface area contributed by atoms with Crippen LogP contribution in [0.2, 0.25) is 0 Å². The Morgan fingerprint density at radius 2 is 1.73 bits per heavy atom. The van der Waals surface area contributed by atoms with E-state index >= 15 is 0 Å². The third kappa shape index (κ3) is 7.52. The predicted octanol–water partition coefficient (Wildman–Crippen LogP) is 3.25. The van der Waals surface area contributed by atoms with Crippen LogP contribution >= 0.6 is 0 Å². The van der Waals surface area contributed by atoms with E-state index in [2.05, 4.69) is 4.74 Å². The van der Waals surface area contributed by atoms with Crippen molar-refractivity contribution in [2.45, 2.75) is 59.8 Å². The monoisotopic (exact) mass is 366 g/mol. The number of ether oxygens (including phenoxy) is 1. The summed E-state index contributed by atoms with van der Waals surface area (Å²) in [5, 5.41) is 17.5. The van der Waals surface area contributed by atoms with Crippen LogP contribution in [0.25, 0.3) is 0 Å². The Balaban J connectivity index is 0.000000197. The Kier molecular flexibility index (Phi) is 7.75. The molecule has 0 aromatic heterocycles. The minimum absolute atomic E-state index is 0.0392. The van der Waals surface area contributed by atoms with Crippen LogP contribution in [0.15, 0.2) is 23.8 Å². The van der Waals surface area contributed by atoms with Crippen LogP contribution in [0.1, 0.15) is 59.8 Å². The summed E-state index contributed by atoms with van der Waals surface area (Å²) in [5.41, 5.74) is 0.778. The lowest BCUT2D eigenvalue weighted by molar-refractivity contribution is -0.150. The van der Waals surface area contributed by atoms with Gasteiger partial charge in [-0.05, 0) is 55.8 Å². The molecule has 0 saturated heterocycles. The zero-order chi connectivity index (χ0) is 20.0. The molecule has 0 atom stereocenters. The van der Waals surface area contributed by atoms with Crippen molar-refractivity contribution >= 4 is 17.9 Å². The second-order valence-corrected chi connectivity index (χ2v) is 8.38.